The van der Waals surface area contributed by atoms with Crippen molar-refractivity contribution in [1.29, 1.82) is 0 Å². The Labute approximate surface area is 171 Å². The number of esters is 1. The molecule has 0 aliphatic heterocycles. The Morgan fingerprint density at radius 2 is 1.86 bits per heavy atom. The molecule has 0 aliphatic carbocycles. The Balaban J connectivity index is 1.70. The van der Waals surface area contributed by atoms with Gasteiger partial charge in [-0.1, -0.05) is 34.1 Å². The number of hydrogen-bond donors (Lipinski definition) is 2. The highest BCUT2D eigenvalue weighted by molar-refractivity contribution is 9.10. The van der Waals surface area contributed by atoms with Gasteiger partial charge in [0.05, 0.1) is 7.11 Å². The van der Waals surface area contributed by atoms with Crippen LogP contribution in [0.1, 0.15) is 12.5 Å². The van der Waals surface area contributed by atoms with Crippen LogP contribution in [0.3, 0.4) is 0 Å². The van der Waals surface area contributed by atoms with Crippen molar-refractivity contribution in [2.24, 2.45) is 0 Å². The van der Waals surface area contributed by atoms with Gasteiger partial charge in [-0.25, -0.2) is 4.79 Å². The summed E-state index contributed by atoms with van der Waals surface area (Å²) in [5.41, 5.74) is 1.90. The number of H-pyrrole nitrogens is 1. The maximum Gasteiger partial charge on any atom is 0.328 e. The minimum Gasteiger partial charge on any atom is -0.481 e. The Bertz CT molecular complexity index is 968. The Kier molecular flexibility index (Phi) is 6.36. The lowest BCUT2D eigenvalue weighted by Crippen LogP contribution is -2.47. The molecule has 3 rings (SSSR count). The Hall–Kier alpha value is -2.80. The van der Waals surface area contributed by atoms with Gasteiger partial charge in [-0.05, 0) is 42.8 Å². The molecule has 0 unspecified atom stereocenters. The minimum absolute atomic E-state index is 0.313. The van der Waals surface area contributed by atoms with E-state index >= 15 is 0 Å². The average molecular weight is 445 g/mol. The van der Waals surface area contributed by atoms with Crippen LogP contribution >= 0.6 is 15.9 Å². The van der Waals surface area contributed by atoms with Gasteiger partial charge in [-0.2, -0.15) is 0 Å². The monoisotopic (exact) mass is 444 g/mol. The first kappa shape index (κ1) is 19.9. The number of rotatable bonds is 7. The van der Waals surface area contributed by atoms with Gasteiger partial charge in [0, 0.05) is 28.0 Å². The third-order valence-electron chi connectivity index (χ3n) is 4.40. The van der Waals surface area contributed by atoms with Crippen molar-refractivity contribution in [3.8, 4) is 5.75 Å². The van der Waals surface area contributed by atoms with Gasteiger partial charge >= 0.3 is 5.97 Å². The summed E-state index contributed by atoms with van der Waals surface area (Å²) in [7, 11) is 1.30. The molecule has 6 nitrogen and oxygen atoms in total. The molecule has 2 atom stereocenters. The maximum absolute atomic E-state index is 12.6. The van der Waals surface area contributed by atoms with E-state index in [9.17, 15) is 9.59 Å². The standard InChI is InChI=1S/C21H21BrN2O4/c1-13(28-16-9-7-15(22)8-10-16)20(25)24-19(21(26)27-2)11-14-12-23-18-6-4-3-5-17(14)18/h3-10,12-13,19,23H,11H2,1-2H3,(H,24,25)/t13-,19-/m1/s1. The van der Waals surface area contributed by atoms with Gasteiger partial charge in [-0.15, -0.1) is 0 Å². The SMILES string of the molecule is COC(=O)[C@@H](Cc1c[nH]c2ccccc12)NC(=O)[C@@H](C)Oc1ccc(Br)cc1. The second-order valence-corrected chi connectivity index (χ2v) is 7.28. The van der Waals surface area contributed by atoms with Crippen LogP contribution in [0.2, 0.25) is 0 Å². The molecular formula is C21H21BrN2O4. The summed E-state index contributed by atoms with van der Waals surface area (Å²) in [5, 5.41) is 3.74. The van der Waals surface area contributed by atoms with Gasteiger partial charge in [-0.3, -0.25) is 4.79 Å². The van der Waals surface area contributed by atoms with Gasteiger partial charge in [0.15, 0.2) is 6.10 Å². The summed E-state index contributed by atoms with van der Waals surface area (Å²) in [6, 6.07) is 14.2. The minimum atomic E-state index is -0.812. The molecule has 146 valence electrons. The maximum atomic E-state index is 12.6. The number of para-hydroxylation sites is 1. The van der Waals surface area contributed by atoms with E-state index in [1.165, 1.54) is 7.11 Å². The van der Waals surface area contributed by atoms with Crippen LogP contribution in [-0.4, -0.2) is 36.1 Å². The van der Waals surface area contributed by atoms with Gasteiger partial charge in [0.25, 0.3) is 5.91 Å². The van der Waals surface area contributed by atoms with Crippen molar-refractivity contribution in [2.45, 2.75) is 25.5 Å². The van der Waals surface area contributed by atoms with E-state index in [0.717, 1.165) is 20.9 Å². The molecule has 1 amide bonds. The number of benzene rings is 2. The van der Waals surface area contributed by atoms with Crippen LogP contribution < -0.4 is 10.1 Å². The number of amides is 1. The summed E-state index contributed by atoms with van der Waals surface area (Å²) < 4.78 is 11.5. The zero-order valence-corrected chi connectivity index (χ0v) is 17.2. The number of fused-ring (bicyclic) bond motifs is 1. The topological polar surface area (TPSA) is 80.4 Å². The van der Waals surface area contributed by atoms with Gasteiger partial charge in [0.1, 0.15) is 11.8 Å². The van der Waals surface area contributed by atoms with E-state index in [2.05, 4.69) is 26.2 Å². The molecule has 0 spiro atoms. The van der Waals surface area contributed by atoms with Crippen molar-refractivity contribution in [3.63, 3.8) is 0 Å². The average Bonchev–Trinajstić information content (AvgIpc) is 3.11. The summed E-state index contributed by atoms with van der Waals surface area (Å²) in [6.07, 6.45) is 1.39. The van der Waals surface area contributed by atoms with Crippen molar-refractivity contribution in [2.75, 3.05) is 7.11 Å². The van der Waals surface area contributed by atoms with Crippen molar-refractivity contribution in [3.05, 3.63) is 64.8 Å². The molecule has 2 aromatic carbocycles. The van der Waals surface area contributed by atoms with Crippen LogP contribution in [0.15, 0.2) is 59.2 Å². The molecule has 0 bridgehead atoms. The first-order valence-corrected chi connectivity index (χ1v) is 9.62. The molecule has 0 aliphatic rings. The van der Waals surface area contributed by atoms with Crippen LogP contribution in [0.5, 0.6) is 5.75 Å². The molecule has 7 heteroatoms. The molecule has 3 aromatic rings. The highest BCUT2D eigenvalue weighted by atomic mass is 79.9. The number of carbonyl (C=O) groups excluding carboxylic acids is 2. The van der Waals surface area contributed by atoms with Crippen LogP contribution in [-0.2, 0) is 20.7 Å². The van der Waals surface area contributed by atoms with Crippen molar-refractivity contribution < 1.29 is 19.1 Å². The number of hydrogen-bond acceptors (Lipinski definition) is 4. The number of carbonyl (C=O) groups is 2. The number of halogens is 1. The fourth-order valence-electron chi connectivity index (χ4n) is 2.92. The van der Waals surface area contributed by atoms with Crippen molar-refractivity contribution >= 4 is 38.7 Å². The highest BCUT2D eigenvalue weighted by Crippen LogP contribution is 2.20. The van der Waals surface area contributed by atoms with E-state index < -0.39 is 24.0 Å². The predicted octanol–water partition coefficient (Wildman–Crippen LogP) is 3.60. The predicted molar refractivity (Wildman–Crippen MR) is 110 cm³/mol. The van der Waals surface area contributed by atoms with Crippen LogP contribution in [0, 0.1) is 0 Å². The Morgan fingerprint density at radius 3 is 2.57 bits per heavy atom. The normalized spacial score (nSPS) is 13.0. The summed E-state index contributed by atoms with van der Waals surface area (Å²) in [4.78, 5) is 28.0. The van der Waals surface area contributed by atoms with E-state index in [4.69, 9.17) is 9.47 Å². The Morgan fingerprint density at radius 1 is 1.14 bits per heavy atom. The first-order chi connectivity index (χ1) is 13.5. The van der Waals surface area contributed by atoms with E-state index in [1.54, 1.807) is 19.1 Å². The quantitative estimate of drug-likeness (QED) is 0.545. The smallest absolute Gasteiger partial charge is 0.328 e. The molecule has 2 N–H and O–H groups in total. The zero-order valence-electron chi connectivity index (χ0n) is 15.6. The summed E-state index contributed by atoms with van der Waals surface area (Å²) in [6.45, 7) is 1.64. The number of methoxy groups -OCH3 is 1. The third-order valence-corrected chi connectivity index (χ3v) is 4.93. The van der Waals surface area contributed by atoms with E-state index in [1.807, 2.05) is 42.6 Å². The van der Waals surface area contributed by atoms with E-state index in [-0.39, 0.29) is 0 Å². The molecule has 0 fully saturated rings. The highest BCUT2D eigenvalue weighted by Gasteiger charge is 2.26. The number of aromatic amines is 1. The molecule has 1 aromatic heterocycles. The van der Waals surface area contributed by atoms with Crippen LogP contribution in [0.4, 0.5) is 0 Å². The van der Waals surface area contributed by atoms with Gasteiger partial charge in [0.2, 0.25) is 0 Å². The van der Waals surface area contributed by atoms with Gasteiger partial charge < -0.3 is 19.8 Å². The fraction of sp³-hybridized carbons (Fsp3) is 0.238. The fourth-order valence-corrected chi connectivity index (χ4v) is 3.18. The number of aromatic nitrogens is 1. The first-order valence-electron chi connectivity index (χ1n) is 8.83. The third kappa shape index (κ3) is 4.72. The second-order valence-electron chi connectivity index (χ2n) is 6.36. The summed E-state index contributed by atoms with van der Waals surface area (Å²) in [5.74, 6) is -0.329. The second kappa shape index (κ2) is 8.93. The summed E-state index contributed by atoms with van der Waals surface area (Å²) >= 11 is 3.35. The number of ether oxygens (including phenoxy) is 2. The zero-order chi connectivity index (χ0) is 20.1. The van der Waals surface area contributed by atoms with Crippen molar-refractivity contribution in [1.82, 2.24) is 10.3 Å². The number of nitrogens with one attached hydrogen (secondary N) is 2. The molecule has 0 saturated heterocycles. The molecular weight excluding hydrogens is 424 g/mol. The molecule has 1 heterocycles. The lowest BCUT2D eigenvalue weighted by Gasteiger charge is -2.20. The lowest BCUT2D eigenvalue weighted by atomic mass is 10.0. The largest absolute Gasteiger partial charge is 0.481 e. The van der Waals surface area contributed by atoms with E-state index in [0.29, 0.717) is 12.2 Å². The molecule has 0 saturated carbocycles. The van der Waals surface area contributed by atoms with Crippen LogP contribution in [0.25, 0.3) is 10.9 Å². The lowest BCUT2D eigenvalue weighted by molar-refractivity contribution is -0.145. The molecule has 0 radical (unpaired) electrons. The molecule has 28 heavy (non-hydrogen) atoms.